The molecule has 0 aromatic heterocycles. The van der Waals surface area contributed by atoms with Gasteiger partial charge in [0.25, 0.3) is 0 Å². The lowest BCUT2D eigenvalue weighted by Crippen LogP contribution is -2.33. The molecule has 0 fully saturated rings. The Morgan fingerprint density at radius 3 is 1.89 bits per heavy atom. The van der Waals surface area contributed by atoms with Gasteiger partial charge < -0.3 is 19.5 Å². The Labute approximate surface area is 109 Å². The standard InChI is InChI=1S/C14H23NO3/c1-10(2)14(9-15-3)18-13-7-11(16-4)6-12(8-13)17-5/h6-8,10,14-15H,9H2,1-5H3. The van der Waals surface area contributed by atoms with E-state index in [1.807, 2.05) is 25.2 Å². The summed E-state index contributed by atoms with van der Waals surface area (Å²) in [6.07, 6.45) is 0.117. The quantitative estimate of drug-likeness (QED) is 0.809. The van der Waals surface area contributed by atoms with E-state index in [1.165, 1.54) is 0 Å². The first-order valence-corrected chi connectivity index (χ1v) is 6.15. The number of nitrogens with one attached hydrogen (secondary N) is 1. The fourth-order valence-corrected chi connectivity index (χ4v) is 1.64. The van der Waals surface area contributed by atoms with Crippen molar-refractivity contribution in [1.82, 2.24) is 5.32 Å². The maximum absolute atomic E-state index is 5.98. The summed E-state index contributed by atoms with van der Waals surface area (Å²) in [6, 6.07) is 5.57. The van der Waals surface area contributed by atoms with Crippen LogP contribution in [-0.4, -0.2) is 33.9 Å². The largest absolute Gasteiger partial charge is 0.496 e. The zero-order chi connectivity index (χ0) is 13.5. The Bertz CT molecular complexity index is 344. The van der Waals surface area contributed by atoms with Crippen molar-refractivity contribution in [3.8, 4) is 17.2 Å². The molecule has 1 aromatic carbocycles. The van der Waals surface area contributed by atoms with Gasteiger partial charge in [-0.25, -0.2) is 0 Å². The molecule has 0 bridgehead atoms. The monoisotopic (exact) mass is 253 g/mol. The Morgan fingerprint density at radius 1 is 1.00 bits per heavy atom. The molecule has 0 aliphatic carbocycles. The van der Waals surface area contributed by atoms with Crippen molar-refractivity contribution in [1.29, 1.82) is 0 Å². The SMILES string of the molecule is CNCC(Oc1cc(OC)cc(OC)c1)C(C)C. The molecule has 0 radical (unpaired) electrons. The Morgan fingerprint density at radius 2 is 1.50 bits per heavy atom. The van der Waals surface area contributed by atoms with Crippen molar-refractivity contribution in [3.05, 3.63) is 18.2 Å². The van der Waals surface area contributed by atoms with Crippen molar-refractivity contribution in [2.24, 2.45) is 5.92 Å². The van der Waals surface area contributed by atoms with Crippen molar-refractivity contribution < 1.29 is 14.2 Å². The van der Waals surface area contributed by atoms with E-state index in [0.29, 0.717) is 5.92 Å². The number of hydrogen-bond donors (Lipinski definition) is 1. The van der Waals surface area contributed by atoms with Gasteiger partial charge in [0, 0.05) is 24.7 Å². The molecule has 0 saturated carbocycles. The third kappa shape index (κ3) is 4.11. The summed E-state index contributed by atoms with van der Waals surface area (Å²) >= 11 is 0. The second kappa shape index (κ2) is 7.11. The number of rotatable bonds is 7. The molecular formula is C14H23NO3. The Kier molecular flexibility index (Phi) is 5.78. The first-order chi connectivity index (χ1) is 8.60. The van der Waals surface area contributed by atoms with Gasteiger partial charge in [0.15, 0.2) is 0 Å². The van der Waals surface area contributed by atoms with E-state index in [2.05, 4.69) is 19.2 Å². The van der Waals surface area contributed by atoms with Crippen molar-refractivity contribution in [3.63, 3.8) is 0 Å². The summed E-state index contributed by atoms with van der Waals surface area (Å²) < 4.78 is 16.4. The third-order valence-corrected chi connectivity index (χ3v) is 2.76. The van der Waals surface area contributed by atoms with E-state index in [4.69, 9.17) is 14.2 Å². The lowest BCUT2D eigenvalue weighted by molar-refractivity contribution is 0.150. The van der Waals surface area contributed by atoms with E-state index in [1.54, 1.807) is 14.2 Å². The highest BCUT2D eigenvalue weighted by Crippen LogP contribution is 2.28. The van der Waals surface area contributed by atoms with Gasteiger partial charge in [-0.05, 0) is 13.0 Å². The minimum Gasteiger partial charge on any atom is -0.496 e. The lowest BCUT2D eigenvalue weighted by Gasteiger charge is -2.23. The Balaban J connectivity index is 2.87. The molecule has 0 aliphatic rings. The zero-order valence-corrected chi connectivity index (χ0v) is 11.8. The van der Waals surface area contributed by atoms with E-state index in [9.17, 15) is 0 Å². The number of likely N-dealkylation sites (N-methyl/N-ethyl adjacent to an activating group) is 1. The first-order valence-electron chi connectivity index (χ1n) is 6.15. The van der Waals surface area contributed by atoms with Crippen LogP contribution in [0, 0.1) is 5.92 Å². The van der Waals surface area contributed by atoms with Gasteiger partial charge in [0.1, 0.15) is 23.4 Å². The van der Waals surface area contributed by atoms with E-state index in [0.717, 1.165) is 23.8 Å². The zero-order valence-electron chi connectivity index (χ0n) is 11.8. The molecule has 1 N–H and O–H groups in total. The number of hydrogen-bond acceptors (Lipinski definition) is 4. The molecule has 0 aliphatic heterocycles. The molecular weight excluding hydrogens is 230 g/mol. The molecule has 4 nitrogen and oxygen atoms in total. The third-order valence-electron chi connectivity index (χ3n) is 2.76. The van der Waals surface area contributed by atoms with Crippen LogP contribution >= 0.6 is 0 Å². The van der Waals surface area contributed by atoms with Gasteiger partial charge in [-0.1, -0.05) is 13.8 Å². The van der Waals surface area contributed by atoms with E-state index in [-0.39, 0.29) is 6.10 Å². The van der Waals surface area contributed by atoms with Crippen molar-refractivity contribution in [2.75, 3.05) is 27.8 Å². The summed E-state index contributed by atoms with van der Waals surface area (Å²) in [5.74, 6) is 2.66. The smallest absolute Gasteiger partial charge is 0.127 e. The van der Waals surface area contributed by atoms with Gasteiger partial charge in [0.2, 0.25) is 0 Å². The van der Waals surface area contributed by atoms with Gasteiger partial charge in [0.05, 0.1) is 14.2 Å². The maximum Gasteiger partial charge on any atom is 0.127 e. The predicted molar refractivity (Wildman–Crippen MR) is 72.7 cm³/mol. The molecule has 0 spiro atoms. The van der Waals surface area contributed by atoms with Gasteiger partial charge >= 0.3 is 0 Å². The highest BCUT2D eigenvalue weighted by molar-refractivity contribution is 5.42. The van der Waals surface area contributed by atoms with Crippen LogP contribution in [0.4, 0.5) is 0 Å². The minimum atomic E-state index is 0.117. The average Bonchev–Trinajstić information content (AvgIpc) is 2.37. The molecule has 4 heteroatoms. The normalized spacial score (nSPS) is 12.3. The molecule has 102 valence electrons. The van der Waals surface area contributed by atoms with Crippen LogP contribution in [0.25, 0.3) is 0 Å². The van der Waals surface area contributed by atoms with Gasteiger partial charge in [-0.2, -0.15) is 0 Å². The molecule has 1 unspecified atom stereocenters. The van der Waals surface area contributed by atoms with Crippen molar-refractivity contribution in [2.45, 2.75) is 20.0 Å². The lowest BCUT2D eigenvalue weighted by atomic mass is 10.1. The molecule has 1 aromatic rings. The van der Waals surface area contributed by atoms with Crippen LogP contribution in [0.15, 0.2) is 18.2 Å². The van der Waals surface area contributed by atoms with E-state index >= 15 is 0 Å². The molecule has 0 amide bonds. The maximum atomic E-state index is 5.98. The van der Waals surface area contributed by atoms with Gasteiger partial charge in [-0.15, -0.1) is 0 Å². The molecule has 0 saturated heterocycles. The van der Waals surface area contributed by atoms with Crippen LogP contribution < -0.4 is 19.5 Å². The summed E-state index contributed by atoms with van der Waals surface area (Å²) in [4.78, 5) is 0. The fraction of sp³-hybridized carbons (Fsp3) is 0.571. The second-order valence-corrected chi connectivity index (χ2v) is 4.51. The van der Waals surface area contributed by atoms with Gasteiger partial charge in [-0.3, -0.25) is 0 Å². The molecule has 18 heavy (non-hydrogen) atoms. The average molecular weight is 253 g/mol. The molecule has 0 heterocycles. The van der Waals surface area contributed by atoms with Crippen LogP contribution in [0.1, 0.15) is 13.8 Å². The molecule has 1 atom stereocenters. The van der Waals surface area contributed by atoms with E-state index < -0.39 is 0 Å². The van der Waals surface area contributed by atoms with Crippen LogP contribution in [-0.2, 0) is 0 Å². The van der Waals surface area contributed by atoms with Crippen LogP contribution in [0.2, 0.25) is 0 Å². The van der Waals surface area contributed by atoms with Crippen LogP contribution in [0.5, 0.6) is 17.2 Å². The van der Waals surface area contributed by atoms with Crippen LogP contribution in [0.3, 0.4) is 0 Å². The summed E-state index contributed by atoms with van der Waals surface area (Å²) in [6.45, 7) is 5.08. The predicted octanol–water partition coefficient (Wildman–Crippen LogP) is 2.33. The Hall–Kier alpha value is -1.42. The second-order valence-electron chi connectivity index (χ2n) is 4.51. The minimum absolute atomic E-state index is 0.117. The van der Waals surface area contributed by atoms with Crippen molar-refractivity contribution >= 4 is 0 Å². The highest BCUT2D eigenvalue weighted by Gasteiger charge is 2.15. The number of benzene rings is 1. The fourth-order valence-electron chi connectivity index (χ4n) is 1.64. The molecule has 1 rings (SSSR count). The number of ether oxygens (including phenoxy) is 3. The number of methoxy groups -OCH3 is 2. The summed E-state index contributed by atoms with van der Waals surface area (Å²) in [7, 11) is 5.18. The summed E-state index contributed by atoms with van der Waals surface area (Å²) in [5.41, 5.74) is 0. The first kappa shape index (κ1) is 14.6. The highest BCUT2D eigenvalue weighted by atomic mass is 16.5. The topological polar surface area (TPSA) is 39.7 Å². The summed E-state index contributed by atoms with van der Waals surface area (Å²) in [5, 5.41) is 3.14.